The number of para-hydroxylation sites is 1. The number of nitrogens with zero attached hydrogens (tertiary/aromatic N) is 2. The van der Waals surface area contributed by atoms with E-state index in [1.807, 2.05) is 0 Å². The van der Waals surface area contributed by atoms with Crippen LogP contribution in [0.4, 0.5) is 5.69 Å². The van der Waals surface area contributed by atoms with Crippen LogP contribution < -0.4 is 5.32 Å². The summed E-state index contributed by atoms with van der Waals surface area (Å²) in [6, 6.07) is 6.68. The highest BCUT2D eigenvalue weighted by Crippen LogP contribution is 2.17. The molecule has 6 nitrogen and oxygen atoms in total. The highest BCUT2D eigenvalue weighted by atomic mass is 16.5. The minimum atomic E-state index is -0.498. The van der Waals surface area contributed by atoms with Crippen LogP contribution in [0.3, 0.4) is 0 Å². The zero-order valence-corrected chi connectivity index (χ0v) is 11.5. The van der Waals surface area contributed by atoms with Crippen molar-refractivity contribution in [2.45, 2.75) is 6.92 Å². The van der Waals surface area contributed by atoms with Gasteiger partial charge >= 0.3 is 5.97 Å². The lowest BCUT2D eigenvalue weighted by atomic mass is 10.1. The lowest BCUT2D eigenvalue weighted by Gasteiger charge is -2.10. The van der Waals surface area contributed by atoms with E-state index in [0.29, 0.717) is 16.9 Å². The van der Waals surface area contributed by atoms with E-state index in [-0.39, 0.29) is 5.91 Å². The van der Waals surface area contributed by atoms with Crippen molar-refractivity contribution in [3.8, 4) is 0 Å². The van der Waals surface area contributed by atoms with Crippen LogP contribution in [-0.4, -0.2) is 28.8 Å². The molecule has 1 N–H and O–H groups in total. The summed E-state index contributed by atoms with van der Waals surface area (Å²) in [5.74, 6) is -0.818. The average Bonchev–Trinajstić information content (AvgIpc) is 2.78. The molecule has 104 valence electrons. The van der Waals surface area contributed by atoms with Gasteiger partial charge in [-0.25, -0.2) is 4.79 Å². The smallest absolute Gasteiger partial charge is 0.339 e. The van der Waals surface area contributed by atoms with Crippen LogP contribution >= 0.6 is 0 Å². The van der Waals surface area contributed by atoms with Crippen LogP contribution in [0, 0.1) is 6.92 Å². The number of esters is 1. The van der Waals surface area contributed by atoms with E-state index >= 15 is 0 Å². The summed E-state index contributed by atoms with van der Waals surface area (Å²) >= 11 is 0. The molecule has 0 fully saturated rings. The third kappa shape index (κ3) is 2.54. The topological polar surface area (TPSA) is 73.2 Å². The average molecular weight is 273 g/mol. The van der Waals surface area contributed by atoms with Crippen LogP contribution in [0.5, 0.6) is 0 Å². The predicted molar refractivity (Wildman–Crippen MR) is 73.7 cm³/mol. The first kappa shape index (κ1) is 13.8. The summed E-state index contributed by atoms with van der Waals surface area (Å²) in [5.41, 5.74) is 1.93. The first-order valence-electron chi connectivity index (χ1n) is 6.02. The van der Waals surface area contributed by atoms with Gasteiger partial charge in [-0.15, -0.1) is 0 Å². The third-order valence-corrected chi connectivity index (χ3v) is 2.92. The molecule has 0 saturated carbocycles. The molecule has 0 unspecified atom stereocenters. The molecule has 20 heavy (non-hydrogen) atoms. The lowest BCUT2D eigenvalue weighted by Crippen LogP contribution is -2.19. The minimum absolute atomic E-state index is 0.308. The van der Waals surface area contributed by atoms with Crippen molar-refractivity contribution in [1.29, 1.82) is 0 Å². The minimum Gasteiger partial charge on any atom is -0.465 e. The number of benzene rings is 1. The highest BCUT2D eigenvalue weighted by molar-refractivity contribution is 6.07. The summed E-state index contributed by atoms with van der Waals surface area (Å²) in [6.07, 6.45) is 1.61. The monoisotopic (exact) mass is 273 g/mol. The fourth-order valence-electron chi connectivity index (χ4n) is 1.93. The van der Waals surface area contributed by atoms with Gasteiger partial charge in [0, 0.05) is 7.05 Å². The van der Waals surface area contributed by atoms with E-state index < -0.39 is 5.97 Å². The molecule has 1 aromatic carbocycles. The zero-order chi connectivity index (χ0) is 14.7. The van der Waals surface area contributed by atoms with Crippen molar-refractivity contribution >= 4 is 17.6 Å². The standard InChI is InChI=1S/C14H15N3O3/c1-9-8-15-17(2)12(9)13(18)16-11-7-5-4-6-10(11)14(19)20-3/h4-8H,1-3H3,(H,16,18). The van der Waals surface area contributed by atoms with Gasteiger partial charge in [0.2, 0.25) is 0 Å². The Balaban J connectivity index is 2.31. The highest BCUT2D eigenvalue weighted by Gasteiger charge is 2.17. The van der Waals surface area contributed by atoms with Crippen molar-refractivity contribution in [2.75, 3.05) is 12.4 Å². The number of nitrogens with one attached hydrogen (secondary N) is 1. The summed E-state index contributed by atoms with van der Waals surface area (Å²) in [4.78, 5) is 23.9. The molecule has 0 atom stereocenters. The first-order chi connectivity index (χ1) is 9.54. The Morgan fingerprint density at radius 1 is 1.30 bits per heavy atom. The first-order valence-corrected chi connectivity index (χ1v) is 6.02. The largest absolute Gasteiger partial charge is 0.465 e. The Hall–Kier alpha value is -2.63. The van der Waals surface area contributed by atoms with Gasteiger partial charge in [0.25, 0.3) is 5.91 Å². The summed E-state index contributed by atoms with van der Waals surface area (Å²) in [6.45, 7) is 1.80. The van der Waals surface area contributed by atoms with Crippen molar-refractivity contribution in [3.63, 3.8) is 0 Å². The third-order valence-electron chi connectivity index (χ3n) is 2.92. The van der Waals surface area contributed by atoms with Gasteiger partial charge in [0.15, 0.2) is 0 Å². The maximum atomic E-state index is 12.3. The number of aromatic nitrogens is 2. The van der Waals surface area contributed by atoms with Gasteiger partial charge in [-0.1, -0.05) is 12.1 Å². The maximum Gasteiger partial charge on any atom is 0.339 e. The summed E-state index contributed by atoms with van der Waals surface area (Å²) in [7, 11) is 2.99. The molecule has 0 spiro atoms. The molecule has 1 heterocycles. The Bertz CT molecular complexity index is 642. The lowest BCUT2D eigenvalue weighted by molar-refractivity contribution is 0.0602. The number of rotatable bonds is 3. The SMILES string of the molecule is COC(=O)c1ccccc1NC(=O)c1c(C)cnn1C. The quantitative estimate of drug-likeness (QED) is 0.865. The van der Waals surface area contributed by atoms with E-state index in [9.17, 15) is 9.59 Å². The molecular formula is C14H15N3O3. The molecule has 1 amide bonds. The maximum absolute atomic E-state index is 12.3. The molecule has 2 aromatic rings. The van der Waals surface area contributed by atoms with E-state index in [2.05, 4.69) is 15.2 Å². The van der Waals surface area contributed by atoms with Crippen molar-refractivity contribution in [2.24, 2.45) is 7.05 Å². The number of anilines is 1. The van der Waals surface area contributed by atoms with E-state index in [1.165, 1.54) is 11.8 Å². The van der Waals surface area contributed by atoms with E-state index in [1.54, 1.807) is 44.4 Å². The Morgan fingerprint density at radius 2 is 2.00 bits per heavy atom. The normalized spacial score (nSPS) is 10.2. The number of hydrogen-bond donors (Lipinski definition) is 1. The van der Waals surface area contributed by atoms with Gasteiger partial charge in [0.1, 0.15) is 5.69 Å². The molecule has 6 heteroatoms. The number of amides is 1. The number of aryl methyl sites for hydroxylation is 2. The Morgan fingerprint density at radius 3 is 2.60 bits per heavy atom. The molecular weight excluding hydrogens is 258 g/mol. The molecule has 0 aliphatic carbocycles. The molecule has 0 radical (unpaired) electrons. The fourth-order valence-corrected chi connectivity index (χ4v) is 1.93. The van der Waals surface area contributed by atoms with Crippen molar-refractivity contribution in [1.82, 2.24) is 9.78 Å². The second kappa shape index (κ2) is 5.56. The second-order valence-electron chi connectivity index (χ2n) is 4.29. The van der Waals surface area contributed by atoms with Crippen LogP contribution in [0.15, 0.2) is 30.5 Å². The van der Waals surface area contributed by atoms with Crippen LogP contribution in [0.1, 0.15) is 26.4 Å². The van der Waals surface area contributed by atoms with E-state index in [4.69, 9.17) is 0 Å². The van der Waals surface area contributed by atoms with Crippen molar-refractivity contribution in [3.05, 3.63) is 47.3 Å². The summed E-state index contributed by atoms with van der Waals surface area (Å²) in [5, 5.41) is 6.73. The molecule has 1 aromatic heterocycles. The molecule has 0 bridgehead atoms. The van der Waals surface area contributed by atoms with Gasteiger partial charge in [0.05, 0.1) is 24.6 Å². The van der Waals surface area contributed by atoms with Crippen LogP contribution in [0.2, 0.25) is 0 Å². The molecule has 0 aliphatic heterocycles. The van der Waals surface area contributed by atoms with Crippen molar-refractivity contribution < 1.29 is 14.3 Å². The molecule has 0 aliphatic rings. The molecule has 0 saturated heterocycles. The predicted octanol–water partition coefficient (Wildman–Crippen LogP) is 1.77. The Kier molecular flexibility index (Phi) is 3.84. The zero-order valence-electron chi connectivity index (χ0n) is 11.5. The van der Waals surface area contributed by atoms with Crippen LogP contribution in [-0.2, 0) is 11.8 Å². The van der Waals surface area contributed by atoms with Gasteiger partial charge < -0.3 is 10.1 Å². The van der Waals surface area contributed by atoms with Gasteiger partial charge in [-0.2, -0.15) is 5.10 Å². The number of ether oxygens (including phenoxy) is 1. The summed E-state index contributed by atoms with van der Waals surface area (Å²) < 4.78 is 6.18. The van der Waals surface area contributed by atoms with Gasteiger partial charge in [-0.05, 0) is 24.6 Å². The molecule has 2 rings (SSSR count). The number of methoxy groups -OCH3 is 1. The number of hydrogen-bond acceptors (Lipinski definition) is 4. The Labute approximate surface area is 116 Å². The van der Waals surface area contributed by atoms with Crippen LogP contribution in [0.25, 0.3) is 0 Å². The fraction of sp³-hybridized carbons (Fsp3) is 0.214. The number of carbonyl (C=O) groups is 2. The van der Waals surface area contributed by atoms with Gasteiger partial charge in [-0.3, -0.25) is 9.48 Å². The second-order valence-corrected chi connectivity index (χ2v) is 4.29. The number of carbonyl (C=O) groups excluding carboxylic acids is 2. The van der Waals surface area contributed by atoms with E-state index in [0.717, 1.165) is 5.56 Å².